The lowest BCUT2D eigenvalue weighted by Gasteiger charge is -2.26. The van der Waals surface area contributed by atoms with Gasteiger partial charge in [0.1, 0.15) is 5.82 Å². The van der Waals surface area contributed by atoms with Crippen molar-refractivity contribution in [3.63, 3.8) is 0 Å². The zero-order chi connectivity index (χ0) is 12.8. The number of aromatic nitrogens is 2. The highest BCUT2D eigenvalue weighted by Gasteiger charge is 2.13. The highest BCUT2D eigenvalue weighted by Crippen LogP contribution is 2.14. The first-order valence-corrected chi connectivity index (χ1v) is 7.03. The number of anilines is 1. The van der Waals surface area contributed by atoms with E-state index in [0.29, 0.717) is 12.0 Å². The van der Waals surface area contributed by atoms with Gasteiger partial charge in [-0.05, 0) is 26.4 Å². The monoisotopic (exact) mass is 256 g/mol. The van der Waals surface area contributed by atoms with Crippen molar-refractivity contribution < 1.29 is 0 Å². The van der Waals surface area contributed by atoms with Gasteiger partial charge in [-0.15, -0.1) is 0 Å². The van der Waals surface area contributed by atoms with Crippen LogP contribution >= 0.6 is 11.5 Å². The Bertz CT molecular complexity index is 322. The fraction of sp³-hybridized carbons (Fsp3) is 0.833. The number of rotatable bonds is 7. The average Bonchev–Trinajstić information content (AvgIpc) is 2.71. The smallest absolute Gasteiger partial charge is 0.202 e. The Morgan fingerprint density at radius 3 is 2.53 bits per heavy atom. The maximum absolute atomic E-state index is 4.42. The van der Waals surface area contributed by atoms with Gasteiger partial charge in [-0.3, -0.25) is 0 Å². The summed E-state index contributed by atoms with van der Waals surface area (Å²) in [4.78, 5) is 6.69. The summed E-state index contributed by atoms with van der Waals surface area (Å²) < 4.78 is 4.27. The number of nitrogens with zero attached hydrogens (tertiary/aromatic N) is 3. The maximum atomic E-state index is 4.42. The lowest BCUT2D eigenvalue weighted by molar-refractivity contribution is 0.266. The molecule has 17 heavy (non-hydrogen) atoms. The summed E-state index contributed by atoms with van der Waals surface area (Å²) in [5.74, 6) is 1.65. The molecular formula is C12H24N4S. The van der Waals surface area contributed by atoms with Crippen molar-refractivity contribution in [1.29, 1.82) is 0 Å². The number of hydrogen-bond donors (Lipinski definition) is 1. The molecule has 1 unspecified atom stereocenters. The number of aryl methyl sites for hydroxylation is 1. The molecule has 0 amide bonds. The van der Waals surface area contributed by atoms with Crippen LogP contribution in [0.15, 0.2) is 0 Å². The van der Waals surface area contributed by atoms with E-state index in [1.807, 2.05) is 0 Å². The van der Waals surface area contributed by atoms with Gasteiger partial charge in [-0.1, -0.05) is 20.8 Å². The fourth-order valence-corrected chi connectivity index (χ4v) is 2.35. The first-order valence-electron chi connectivity index (χ1n) is 6.25. The van der Waals surface area contributed by atoms with E-state index >= 15 is 0 Å². The average molecular weight is 256 g/mol. The van der Waals surface area contributed by atoms with Gasteiger partial charge in [-0.25, -0.2) is 4.98 Å². The minimum atomic E-state index is 0.545. The first kappa shape index (κ1) is 14.4. The Labute approximate surface area is 109 Å². The lowest BCUT2D eigenvalue weighted by atomic mass is 10.0. The molecule has 0 spiro atoms. The summed E-state index contributed by atoms with van der Waals surface area (Å²) >= 11 is 1.46. The van der Waals surface area contributed by atoms with Crippen molar-refractivity contribution in [2.24, 2.45) is 5.92 Å². The minimum Gasteiger partial charge on any atom is -0.359 e. The van der Waals surface area contributed by atoms with Gasteiger partial charge >= 0.3 is 0 Å². The van der Waals surface area contributed by atoms with Crippen LogP contribution in [0.2, 0.25) is 0 Å². The van der Waals surface area contributed by atoms with Crippen LogP contribution in [0.4, 0.5) is 5.13 Å². The van der Waals surface area contributed by atoms with Crippen LogP contribution in [0.3, 0.4) is 0 Å². The van der Waals surface area contributed by atoms with Gasteiger partial charge in [0.15, 0.2) is 0 Å². The number of likely N-dealkylation sites (N-methyl/N-ethyl adjacent to an activating group) is 1. The SMILES string of the molecule is CCc1nsc(NCC(CC(C)C)N(C)C)n1. The van der Waals surface area contributed by atoms with Crippen molar-refractivity contribution in [3.05, 3.63) is 5.82 Å². The molecule has 1 N–H and O–H groups in total. The normalized spacial score (nSPS) is 13.4. The summed E-state index contributed by atoms with van der Waals surface area (Å²) in [5.41, 5.74) is 0. The maximum Gasteiger partial charge on any atom is 0.202 e. The zero-order valence-corrected chi connectivity index (χ0v) is 12.3. The highest BCUT2D eigenvalue weighted by molar-refractivity contribution is 7.09. The molecule has 0 saturated carbocycles. The van der Waals surface area contributed by atoms with Gasteiger partial charge in [0.05, 0.1) is 0 Å². The molecule has 1 heterocycles. The molecule has 1 aromatic heterocycles. The molecule has 0 aliphatic carbocycles. The topological polar surface area (TPSA) is 41.1 Å². The Morgan fingerprint density at radius 2 is 2.06 bits per heavy atom. The highest BCUT2D eigenvalue weighted by atomic mass is 32.1. The van der Waals surface area contributed by atoms with Crippen LogP contribution in [0.5, 0.6) is 0 Å². The molecule has 5 heteroatoms. The van der Waals surface area contributed by atoms with Crippen LogP contribution in [0, 0.1) is 5.92 Å². The van der Waals surface area contributed by atoms with E-state index in [9.17, 15) is 0 Å². The first-order chi connectivity index (χ1) is 8.02. The third-order valence-corrected chi connectivity index (χ3v) is 3.46. The quantitative estimate of drug-likeness (QED) is 0.814. The van der Waals surface area contributed by atoms with Crippen LogP contribution in [0.1, 0.15) is 33.0 Å². The zero-order valence-electron chi connectivity index (χ0n) is 11.5. The summed E-state index contributed by atoms with van der Waals surface area (Å²) in [6.07, 6.45) is 2.10. The van der Waals surface area contributed by atoms with Crippen molar-refractivity contribution >= 4 is 16.7 Å². The third kappa shape index (κ3) is 5.00. The van der Waals surface area contributed by atoms with Crippen LogP contribution in [-0.4, -0.2) is 40.9 Å². The summed E-state index contributed by atoms with van der Waals surface area (Å²) in [6, 6.07) is 0.545. The third-order valence-electron chi connectivity index (χ3n) is 2.75. The fourth-order valence-electron chi connectivity index (χ4n) is 1.70. The van der Waals surface area contributed by atoms with E-state index in [2.05, 4.69) is 54.4 Å². The van der Waals surface area contributed by atoms with Gasteiger partial charge < -0.3 is 10.2 Å². The number of hydrogen-bond acceptors (Lipinski definition) is 5. The van der Waals surface area contributed by atoms with E-state index in [1.165, 1.54) is 18.0 Å². The molecule has 0 radical (unpaired) electrons. The molecule has 0 aliphatic rings. The van der Waals surface area contributed by atoms with Crippen molar-refractivity contribution in [2.45, 2.75) is 39.7 Å². The van der Waals surface area contributed by atoms with Crippen molar-refractivity contribution in [3.8, 4) is 0 Å². The molecule has 98 valence electrons. The van der Waals surface area contributed by atoms with Crippen LogP contribution < -0.4 is 5.32 Å². The molecule has 0 aromatic carbocycles. The van der Waals surface area contributed by atoms with E-state index in [0.717, 1.165) is 23.9 Å². The van der Waals surface area contributed by atoms with Crippen molar-refractivity contribution in [1.82, 2.24) is 14.3 Å². The van der Waals surface area contributed by atoms with Gasteiger partial charge in [0.25, 0.3) is 0 Å². The van der Waals surface area contributed by atoms with E-state index in [4.69, 9.17) is 0 Å². The van der Waals surface area contributed by atoms with Gasteiger partial charge in [0.2, 0.25) is 5.13 Å². The Morgan fingerprint density at radius 1 is 1.35 bits per heavy atom. The second kappa shape index (κ2) is 6.91. The molecule has 0 aliphatic heterocycles. The van der Waals surface area contributed by atoms with Crippen LogP contribution in [-0.2, 0) is 6.42 Å². The van der Waals surface area contributed by atoms with Crippen LogP contribution in [0.25, 0.3) is 0 Å². The largest absolute Gasteiger partial charge is 0.359 e. The second-order valence-electron chi connectivity index (χ2n) is 5.00. The Balaban J connectivity index is 2.45. The van der Waals surface area contributed by atoms with E-state index in [1.54, 1.807) is 0 Å². The summed E-state index contributed by atoms with van der Waals surface area (Å²) in [5, 5.41) is 4.33. The van der Waals surface area contributed by atoms with Gasteiger partial charge in [0, 0.05) is 30.5 Å². The summed E-state index contributed by atoms with van der Waals surface area (Å²) in [7, 11) is 4.26. The standard InChI is InChI=1S/C12H24N4S/c1-6-11-14-12(17-15-11)13-8-10(16(4)5)7-9(2)3/h9-10H,6-8H2,1-5H3,(H,13,14,15). The molecule has 4 nitrogen and oxygen atoms in total. The van der Waals surface area contributed by atoms with E-state index in [-0.39, 0.29) is 0 Å². The Hall–Kier alpha value is -0.680. The lowest BCUT2D eigenvalue weighted by Crippen LogP contribution is -2.35. The molecule has 0 bridgehead atoms. The Kier molecular flexibility index (Phi) is 5.85. The summed E-state index contributed by atoms with van der Waals surface area (Å²) in [6.45, 7) is 7.53. The predicted octanol–water partition coefficient (Wildman–Crippen LogP) is 2.49. The molecule has 1 rings (SSSR count). The molecule has 0 fully saturated rings. The molecule has 1 aromatic rings. The minimum absolute atomic E-state index is 0.545. The second-order valence-corrected chi connectivity index (χ2v) is 5.75. The van der Waals surface area contributed by atoms with Crippen molar-refractivity contribution in [2.75, 3.05) is 26.0 Å². The number of nitrogens with one attached hydrogen (secondary N) is 1. The molecule has 0 saturated heterocycles. The molecule has 1 atom stereocenters. The molecular weight excluding hydrogens is 232 g/mol. The predicted molar refractivity (Wildman–Crippen MR) is 74.7 cm³/mol. The van der Waals surface area contributed by atoms with Gasteiger partial charge in [-0.2, -0.15) is 4.37 Å². The van der Waals surface area contributed by atoms with E-state index < -0.39 is 0 Å².